The van der Waals surface area contributed by atoms with Crippen LogP contribution >= 0.6 is 15.9 Å². The first-order valence-corrected chi connectivity index (χ1v) is 10.2. The van der Waals surface area contributed by atoms with Gasteiger partial charge in [0.25, 0.3) is 0 Å². The van der Waals surface area contributed by atoms with Crippen LogP contribution in [-0.4, -0.2) is 34.8 Å². The van der Waals surface area contributed by atoms with Crippen LogP contribution in [-0.2, 0) is 9.53 Å². The lowest BCUT2D eigenvalue weighted by Crippen LogP contribution is -2.31. The predicted molar refractivity (Wildman–Crippen MR) is 106 cm³/mol. The topological polar surface area (TPSA) is 62.7 Å². The minimum atomic E-state index is -1.03. The van der Waals surface area contributed by atoms with Gasteiger partial charge in [-0.25, -0.2) is 4.79 Å². The molecule has 0 aromatic carbocycles. The van der Waals surface area contributed by atoms with Crippen LogP contribution in [0, 0.1) is 25.7 Å². The van der Waals surface area contributed by atoms with Crippen molar-refractivity contribution in [1.29, 1.82) is 0 Å². The van der Waals surface area contributed by atoms with Crippen LogP contribution in [0.15, 0.2) is 4.47 Å². The van der Waals surface area contributed by atoms with E-state index in [-0.39, 0.29) is 0 Å². The molecule has 1 aromatic rings. The zero-order chi connectivity index (χ0) is 19.2. The molecule has 0 bridgehead atoms. The number of carbonyl (C=O) groups is 1. The van der Waals surface area contributed by atoms with Gasteiger partial charge in [-0.3, -0.25) is 4.98 Å². The molecule has 1 aliphatic heterocycles. The molecule has 2 aliphatic rings. The normalized spacial score (nSPS) is 24.0. The molecular formula is C20H29BrN2O3. The molecule has 3 atom stereocenters. The van der Waals surface area contributed by atoms with Gasteiger partial charge in [0.1, 0.15) is 0 Å². The van der Waals surface area contributed by atoms with Crippen molar-refractivity contribution in [3.63, 3.8) is 0 Å². The number of pyridine rings is 1. The van der Waals surface area contributed by atoms with Crippen LogP contribution in [0.1, 0.15) is 63.1 Å². The highest BCUT2D eigenvalue weighted by Gasteiger charge is 2.40. The van der Waals surface area contributed by atoms with E-state index in [9.17, 15) is 9.90 Å². The molecule has 144 valence electrons. The molecule has 1 saturated carbocycles. The van der Waals surface area contributed by atoms with Gasteiger partial charge in [-0.15, -0.1) is 0 Å². The highest BCUT2D eigenvalue weighted by atomic mass is 79.9. The minimum Gasteiger partial charge on any atom is -0.479 e. The van der Waals surface area contributed by atoms with Crippen LogP contribution in [0.4, 0.5) is 5.69 Å². The van der Waals surface area contributed by atoms with E-state index in [4.69, 9.17) is 4.74 Å². The summed E-state index contributed by atoms with van der Waals surface area (Å²) in [6.45, 7) is 11.5. The van der Waals surface area contributed by atoms with E-state index in [1.807, 2.05) is 34.6 Å². The van der Waals surface area contributed by atoms with Crippen LogP contribution in [0.2, 0.25) is 0 Å². The number of hydrogen-bond acceptors (Lipinski definition) is 4. The Hall–Kier alpha value is -1.14. The molecule has 1 saturated heterocycles. The second-order valence-electron chi connectivity index (χ2n) is 8.66. The van der Waals surface area contributed by atoms with Crippen LogP contribution < -0.4 is 4.90 Å². The van der Waals surface area contributed by atoms with E-state index < -0.39 is 17.7 Å². The highest BCUT2D eigenvalue weighted by molar-refractivity contribution is 9.10. The lowest BCUT2D eigenvalue weighted by Gasteiger charge is -2.31. The van der Waals surface area contributed by atoms with Gasteiger partial charge in [0.15, 0.2) is 6.10 Å². The summed E-state index contributed by atoms with van der Waals surface area (Å²) in [5, 5.41) is 9.92. The maximum Gasteiger partial charge on any atom is 0.337 e. The fraction of sp³-hybridized carbons (Fsp3) is 0.700. The summed E-state index contributed by atoms with van der Waals surface area (Å²) in [4.78, 5) is 19.1. The Labute approximate surface area is 164 Å². The third kappa shape index (κ3) is 3.77. The fourth-order valence-corrected chi connectivity index (χ4v) is 5.00. The minimum absolute atomic E-state index is 0.564. The quantitative estimate of drug-likeness (QED) is 0.762. The average Bonchev–Trinajstić information content (AvgIpc) is 3.08. The van der Waals surface area contributed by atoms with Gasteiger partial charge in [-0.1, -0.05) is 6.42 Å². The Kier molecular flexibility index (Phi) is 5.37. The summed E-state index contributed by atoms with van der Waals surface area (Å²) in [6.07, 6.45) is 2.84. The molecule has 1 aliphatic carbocycles. The van der Waals surface area contributed by atoms with Crippen molar-refractivity contribution in [2.45, 2.75) is 65.6 Å². The Bertz CT molecular complexity index is 702. The van der Waals surface area contributed by atoms with Gasteiger partial charge in [0.2, 0.25) is 0 Å². The number of fused-ring (bicyclic) bond motifs is 1. The summed E-state index contributed by atoms with van der Waals surface area (Å²) >= 11 is 3.70. The first kappa shape index (κ1) is 19.6. The molecule has 0 spiro atoms. The van der Waals surface area contributed by atoms with E-state index in [1.165, 1.54) is 19.3 Å². The van der Waals surface area contributed by atoms with Crippen molar-refractivity contribution >= 4 is 27.6 Å². The van der Waals surface area contributed by atoms with Gasteiger partial charge in [0.05, 0.1) is 21.5 Å². The van der Waals surface area contributed by atoms with E-state index in [0.29, 0.717) is 5.56 Å². The highest BCUT2D eigenvalue weighted by Crippen LogP contribution is 2.45. The summed E-state index contributed by atoms with van der Waals surface area (Å²) in [5.41, 5.74) is 2.70. The molecule has 1 N–H and O–H groups in total. The maximum absolute atomic E-state index is 12.1. The van der Waals surface area contributed by atoms with E-state index in [0.717, 1.165) is 46.5 Å². The van der Waals surface area contributed by atoms with Crippen LogP contribution in [0.25, 0.3) is 0 Å². The number of carboxylic acids is 1. The smallest absolute Gasteiger partial charge is 0.337 e. The Morgan fingerprint density at radius 1 is 1.23 bits per heavy atom. The summed E-state index contributed by atoms with van der Waals surface area (Å²) in [6, 6.07) is 0. The SMILES string of the molecule is Cc1nc(C)c(C(OC(C)(C)C)C(=O)O)c(N2CC3CCCC3C2)c1Br. The molecule has 2 heterocycles. The van der Waals surface area contributed by atoms with Gasteiger partial charge >= 0.3 is 5.97 Å². The van der Waals surface area contributed by atoms with E-state index >= 15 is 0 Å². The molecule has 26 heavy (non-hydrogen) atoms. The van der Waals surface area contributed by atoms with Gasteiger partial charge in [-0.05, 0) is 75.2 Å². The maximum atomic E-state index is 12.1. The van der Waals surface area contributed by atoms with Crippen molar-refractivity contribution < 1.29 is 14.6 Å². The van der Waals surface area contributed by atoms with Crippen molar-refractivity contribution in [2.24, 2.45) is 11.8 Å². The number of carboxylic acid groups (broad SMARTS) is 1. The average molecular weight is 425 g/mol. The number of hydrogen-bond donors (Lipinski definition) is 1. The summed E-state index contributed by atoms with van der Waals surface area (Å²) in [7, 11) is 0. The number of anilines is 1. The van der Waals surface area contributed by atoms with Gasteiger partial charge in [-0.2, -0.15) is 0 Å². The van der Waals surface area contributed by atoms with Crippen molar-refractivity contribution in [3.05, 3.63) is 21.4 Å². The monoisotopic (exact) mass is 424 g/mol. The third-order valence-electron chi connectivity index (χ3n) is 5.51. The Morgan fingerprint density at radius 2 is 1.81 bits per heavy atom. The predicted octanol–water partition coefficient (Wildman–Crippen LogP) is 4.64. The van der Waals surface area contributed by atoms with E-state index in [1.54, 1.807) is 0 Å². The molecule has 1 aromatic heterocycles. The van der Waals surface area contributed by atoms with E-state index in [2.05, 4.69) is 25.8 Å². The molecule has 0 radical (unpaired) electrons. The number of nitrogens with zero attached hydrogens (tertiary/aromatic N) is 2. The molecule has 6 heteroatoms. The number of halogens is 1. The zero-order valence-corrected chi connectivity index (χ0v) is 17.9. The first-order chi connectivity index (χ1) is 12.1. The fourth-order valence-electron chi connectivity index (χ4n) is 4.45. The molecule has 3 rings (SSSR count). The third-order valence-corrected chi connectivity index (χ3v) is 6.46. The summed E-state index contributed by atoms with van der Waals surface area (Å²) in [5.74, 6) is 0.465. The number of aromatic nitrogens is 1. The van der Waals surface area contributed by atoms with Gasteiger partial charge < -0.3 is 14.7 Å². The lowest BCUT2D eigenvalue weighted by molar-refractivity contribution is -0.160. The zero-order valence-electron chi connectivity index (χ0n) is 16.3. The summed E-state index contributed by atoms with van der Waals surface area (Å²) < 4.78 is 6.86. The molecule has 0 amide bonds. The lowest BCUT2D eigenvalue weighted by atomic mass is 10.0. The molecular weight excluding hydrogens is 396 g/mol. The number of aryl methyl sites for hydroxylation is 2. The molecule has 2 fully saturated rings. The second kappa shape index (κ2) is 7.12. The standard InChI is InChI=1S/C20H29BrN2O3/c1-11-15(18(19(24)25)26-20(3,4)5)17(16(21)12(2)22-11)23-9-13-7-6-8-14(13)10-23/h13-14,18H,6-10H2,1-5H3,(H,24,25). The molecule has 5 nitrogen and oxygen atoms in total. The second-order valence-corrected chi connectivity index (χ2v) is 9.46. The first-order valence-electron chi connectivity index (χ1n) is 9.40. The Morgan fingerprint density at radius 3 is 2.31 bits per heavy atom. The number of ether oxygens (including phenoxy) is 1. The number of aliphatic carboxylic acids is 1. The van der Waals surface area contributed by atoms with Gasteiger partial charge in [0, 0.05) is 24.3 Å². The largest absolute Gasteiger partial charge is 0.479 e. The Balaban J connectivity index is 2.09. The van der Waals surface area contributed by atoms with Crippen molar-refractivity contribution in [3.8, 4) is 0 Å². The van der Waals surface area contributed by atoms with Crippen LogP contribution in [0.3, 0.4) is 0 Å². The van der Waals surface area contributed by atoms with Crippen molar-refractivity contribution in [1.82, 2.24) is 4.98 Å². The van der Waals surface area contributed by atoms with Crippen LogP contribution in [0.5, 0.6) is 0 Å². The van der Waals surface area contributed by atoms with Crippen molar-refractivity contribution in [2.75, 3.05) is 18.0 Å². The number of rotatable bonds is 4. The molecule has 3 unspecified atom stereocenters.